The third-order valence-electron chi connectivity index (χ3n) is 6.57. The van der Waals surface area contributed by atoms with E-state index in [0.29, 0.717) is 32.5 Å². The van der Waals surface area contributed by atoms with E-state index in [0.717, 1.165) is 28.7 Å². The van der Waals surface area contributed by atoms with E-state index in [9.17, 15) is 32.3 Å². The highest BCUT2D eigenvalue weighted by molar-refractivity contribution is 5.93. The fraction of sp³-hybridized carbons (Fsp3) is 0.407. The van der Waals surface area contributed by atoms with E-state index in [-0.39, 0.29) is 30.6 Å². The molecule has 1 aliphatic heterocycles. The molecule has 7 nitrogen and oxygen atoms in total. The van der Waals surface area contributed by atoms with Gasteiger partial charge in [0.15, 0.2) is 0 Å². The molecule has 11 heteroatoms. The van der Waals surface area contributed by atoms with Gasteiger partial charge in [-0.15, -0.1) is 0 Å². The lowest BCUT2D eigenvalue weighted by atomic mass is 10.1. The van der Waals surface area contributed by atoms with Gasteiger partial charge in [-0.2, -0.15) is 13.2 Å². The van der Waals surface area contributed by atoms with Crippen molar-refractivity contribution >= 4 is 12.3 Å². The second-order valence-electron chi connectivity index (χ2n) is 9.17. The summed E-state index contributed by atoms with van der Waals surface area (Å²) in [6.07, 6.45) is -3.96. The van der Waals surface area contributed by atoms with Crippen LogP contribution in [0.3, 0.4) is 0 Å². The number of aliphatic hydroxyl groups is 1. The quantitative estimate of drug-likeness (QED) is 0.278. The van der Waals surface area contributed by atoms with E-state index in [1.807, 2.05) is 30.3 Å². The molecule has 0 aliphatic carbocycles. The molecule has 1 heterocycles. The second kappa shape index (κ2) is 12.9. The van der Waals surface area contributed by atoms with Crippen LogP contribution in [-0.2, 0) is 28.7 Å². The van der Waals surface area contributed by atoms with Crippen molar-refractivity contribution in [2.75, 3.05) is 39.8 Å². The van der Waals surface area contributed by atoms with Crippen molar-refractivity contribution in [3.63, 3.8) is 0 Å². The van der Waals surface area contributed by atoms with Crippen LogP contribution in [0.15, 0.2) is 59.9 Å². The van der Waals surface area contributed by atoms with Gasteiger partial charge in [0.2, 0.25) is 6.41 Å². The summed E-state index contributed by atoms with van der Waals surface area (Å²) >= 11 is 0. The summed E-state index contributed by atoms with van der Waals surface area (Å²) in [5.41, 5.74) is -0.661. The summed E-state index contributed by atoms with van der Waals surface area (Å²) in [4.78, 5) is 29.9. The minimum atomic E-state index is -4.83. The smallest absolute Gasteiger partial charge is 0.395 e. The highest BCUT2D eigenvalue weighted by atomic mass is 19.4. The number of amides is 2. The number of allylic oxidation sites excluding steroid dienone is 1. The molecule has 1 atom stereocenters. The molecule has 38 heavy (non-hydrogen) atoms. The number of aliphatic hydroxyl groups excluding tert-OH is 1. The fourth-order valence-corrected chi connectivity index (χ4v) is 4.42. The lowest BCUT2D eigenvalue weighted by Gasteiger charge is -2.38. The van der Waals surface area contributed by atoms with Crippen LogP contribution in [0.1, 0.15) is 23.6 Å². The van der Waals surface area contributed by atoms with Crippen molar-refractivity contribution < 1.29 is 32.3 Å². The van der Waals surface area contributed by atoms with Gasteiger partial charge >= 0.3 is 6.18 Å². The zero-order valence-corrected chi connectivity index (χ0v) is 21.3. The summed E-state index contributed by atoms with van der Waals surface area (Å²) in [5, 5.41) is 12.8. The van der Waals surface area contributed by atoms with Gasteiger partial charge in [0.1, 0.15) is 11.5 Å². The van der Waals surface area contributed by atoms with Crippen molar-refractivity contribution in [2.24, 2.45) is 0 Å². The molecule has 2 amide bonds. The maximum absolute atomic E-state index is 14.6. The summed E-state index contributed by atoms with van der Waals surface area (Å²) in [6, 6.07) is 11.8. The number of rotatable bonds is 10. The third kappa shape index (κ3) is 7.11. The number of alkyl halides is 3. The molecule has 0 radical (unpaired) electrons. The molecule has 1 unspecified atom stereocenters. The highest BCUT2D eigenvalue weighted by Gasteiger charge is 2.36. The predicted molar refractivity (Wildman–Crippen MR) is 134 cm³/mol. The SMILES string of the molecule is C/C(=C(/C(=O)N(C)CCc1ccccc1)N1CCNC(CO)C1)N(C=O)Cc1c(F)cccc1C(F)(F)F. The van der Waals surface area contributed by atoms with E-state index < -0.39 is 35.6 Å². The summed E-state index contributed by atoms with van der Waals surface area (Å²) in [5.74, 6) is -1.54. The number of likely N-dealkylation sites (N-methyl/N-ethyl adjacent to an activating group) is 1. The average Bonchev–Trinajstić information content (AvgIpc) is 2.91. The number of carbonyl (C=O) groups is 2. The Kier molecular flexibility index (Phi) is 9.87. The van der Waals surface area contributed by atoms with Crippen molar-refractivity contribution in [3.05, 3.63) is 82.4 Å². The molecule has 0 spiro atoms. The normalized spacial score (nSPS) is 16.6. The Balaban J connectivity index is 1.98. The Bertz CT molecular complexity index is 1140. The summed E-state index contributed by atoms with van der Waals surface area (Å²) in [7, 11) is 1.61. The van der Waals surface area contributed by atoms with Gasteiger partial charge < -0.3 is 25.1 Å². The molecule has 2 aromatic carbocycles. The number of piperazine rings is 1. The number of carbonyl (C=O) groups excluding carboxylic acids is 2. The number of nitrogens with zero attached hydrogens (tertiary/aromatic N) is 3. The number of benzene rings is 2. The predicted octanol–water partition coefficient (Wildman–Crippen LogP) is 3.00. The minimum Gasteiger partial charge on any atom is -0.395 e. The van der Waals surface area contributed by atoms with Crippen LogP contribution in [0.4, 0.5) is 17.6 Å². The Labute approximate surface area is 219 Å². The molecule has 206 valence electrons. The monoisotopic (exact) mass is 536 g/mol. The van der Waals surface area contributed by atoms with E-state index in [1.165, 1.54) is 11.8 Å². The number of nitrogens with one attached hydrogen (secondary N) is 1. The van der Waals surface area contributed by atoms with Gasteiger partial charge in [0.05, 0.1) is 18.7 Å². The van der Waals surface area contributed by atoms with Crippen LogP contribution >= 0.6 is 0 Å². The Morgan fingerprint density at radius 2 is 1.89 bits per heavy atom. The molecular weight excluding hydrogens is 504 g/mol. The Morgan fingerprint density at radius 3 is 2.53 bits per heavy atom. The molecule has 3 rings (SSSR count). The van der Waals surface area contributed by atoms with Gasteiger partial charge in [-0.1, -0.05) is 36.4 Å². The molecule has 0 saturated carbocycles. The van der Waals surface area contributed by atoms with Gasteiger partial charge in [-0.05, 0) is 31.0 Å². The van der Waals surface area contributed by atoms with E-state index in [1.54, 1.807) is 11.9 Å². The molecule has 0 aromatic heterocycles. The number of hydrogen-bond donors (Lipinski definition) is 2. The van der Waals surface area contributed by atoms with Crippen LogP contribution in [-0.4, -0.2) is 78.0 Å². The van der Waals surface area contributed by atoms with Crippen molar-refractivity contribution in [2.45, 2.75) is 32.1 Å². The largest absolute Gasteiger partial charge is 0.416 e. The summed E-state index contributed by atoms with van der Waals surface area (Å²) in [6.45, 7) is 1.94. The maximum Gasteiger partial charge on any atom is 0.416 e. The first-order valence-electron chi connectivity index (χ1n) is 12.2. The molecule has 2 aromatic rings. The van der Waals surface area contributed by atoms with Crippen molar-refractivity contribution in [1.82, 2.24) is 20.0 Å². The number of halogens is 4. The molecule has 1 saturated heterocycles. The second-order valence-corrected chi connectivity index (χ2v) is 9.17. The lowest BCUT2D eigenvalue weighted by molar-refractivity contribution is -0.139. The minimum absolute atomic E-state index is 0.0894. The maximum atomic E-state index is 14.6. The Morgan fingerprint density at radius 1 is 1.18 bits per heavy atom. The topological polar surface area (TPSA) is 76.1 Å². The first-order chi connectivity index (χ1) is 18.1. The number of hydrogen-bond acceptors (Lipinski definition) is 5. The van der Waals surface area contributed by atoms with Crippen LogP contribution in [0.25, 0.3) is 0 Å². The van der Waals surface area contributed by atoms with E-state index in [4.69, 9.17) is 0 Å². The lowest BCUT2D eigenvalue weighted by Crippen LogP contribution is -2.54. The van der Waals surface area contributed by atoms with Crippen LogP contribution in [0.5, 0.6) is 0 Å². The summed E-state index contributed by atoms with van der Waals surface area (Å²) < 4.78 is 55.3. The highest BCUT2D eigenvalue weighted by Crippen LogP contribution is 2.34. The van der Waals surface area contributed by atoms with Gasteiger partial charge in [-0.3, -0.25) is 9.59 Å². The van der Waals surface area contributed by atoms with Crippen LogP contribution in [0, 0.1) is 5.82 Å². The van der Waals surface area contributed by atoms with Crippen molar-refractivity contribution in [1.29, 1.82) is 0 Å². The van der Waals surface area contributed by atoms with E-state index >= 15 is 0 Å². The zero-order chi connectivity index (χ0) is 27.9. The molecule has 2 N–H and O–H groups in total. The standard InChI is InChI=1S/C27H32F4N4O3/c1-19(35(18-37)16-22-23(27(29,30)31)9-6-10-24(22)28)25(34-14-12-32-21(15-34)17-36)26(38)33(2)13-11-20-7-4-3-5-8-20/h3-10,18,21,32,36H,11-17H2,1-2H3/b25-19+. The van der Waals surface area contributed by atoms with E-state index in [2.05, 4.69) is 5.32 Å². The molecule has 1 aliphatic rings. The first kappa shape index (κ1) is 29.1. The molecule has 1 fully saturated rings. The van der Waals surface area contributed by atoms with Crippen LogP contribution in [0.2, 0.25) is 0 Å². The van der Waals surface area contributed by atoms with Gasteiger partial charge in [0.25, 0.3) is 5.91 Å². The zero-order valence-electron chi connectivity index (χ0n) is 21.3. The van der Waals surface area contributed by atoms with Gasteiger partial charge in [-0.25, -0.2) is 4.39 Å². The fourth-order valence-electron chi connectivity index (χ4n) is 4.42. The van der Waals surface area contributed by atoms with Crippen molar-refractivity contribution in [3.8, 4) is 0 Å². The molecular formula is C27H32F4N4O3. The third-order valence-corrected chi connectivity index (χ3v) is 6.57. The van der Waals surface area contributed by atoms with Crippen LogP contribution < -0.4 is 5.32 Å². The Hall–Kier alpha value is -3.44. The van der Waals surface area contributed by atoms with Gasteiger partial charge in [0, 0.05) is 50.5 Å². The molecule has 0 bridgehead atoms. The average molecular weight is 537 g/mol. The first-order valence-corrected chi connectivity index (χ1v) is 12.2.